The van der Waals surface area contributed by atoms with Gasteiger partial charge in [-0.2, -0.15) is 0 Å². The third kappa shape index (κ3) is 2.62. The van der Waals surface area contributed by atoms with Crippen LogP contribution in [0.25, 0.3) is 0 Å². The molecule has 2 heteroatoms. The number of fused-ring (bicyclic) bond motifs is 4. The lowest BCUT2D eigenvalue weighted by atomic mass is 9.53. The number of ether oxygens (including phenoxy) is 1. The Morgan fingerprint density at radius 2 is 2.07 bits per heavy atom. The second-order valence-electron chi connectivity index (χ2n) is 9.56. The molecule has 0 saturated carbocycles. The Kier molecular flexibility index (Phi) is 4.52. The topological polar surface area (TPSA) is 26.3 Å². The Morgan fingerprint density at radius 1 is 1.30 bits per heavy atom. The molecule has 0 fully saturated rings. The van der Waals surface area contributed by atoms with Gasteiger partial charge in [-0.25, -0.2) is 0 Å². The lowest BCUT2D eigenvalue weighted by Gasteiger charge is -2.50. The van der Waals surface area contributed by atoms with Gasteiger partial charge in [-0.15, -0.1) is 0 Å². The fourth-order valence-corrected chi connectivity index (χ4v) is 6.52. The normalized spacial score (nSPS) is 37.6. The highest BCUT2D eigenvalue weighted by Crippen LogP contribution is 2.63. The molecule has 1 unspecified atom stereocenters. The van der Waals surface area contributed by atoms with Crippen molar-refractivity contribution in [2.75, 3.05) is 7.11 Å². The van der Waals surface area contributed by atoms with Crippen LogP contribution in [0.15, 0.2) is 46.1 Å². The number of carbonyl (C=O) groups is 1. The molecule has 4 rings (SSSR count). The largest absolute Gasteiger partial charge is 0.469 e. The molecule has 0 aliphatic heterocycles. The second-order valence-corrected chi connectivity index (χ2v) is 9.56. The van der Waals surface area contributed by atoms with E-state index in [4.69, 9.17) is 4.74 Å². The molecule has 0 aromatic carbocycles. The molecule has 0 aromatic rings. The van der Waals surface area contributed by atoms with Gasteiger partial charge in [-0.1, -0.05) is 55.2 Å². The zero-order valence-corrected chi connectivity index (χ0v) is 17.7. The van der Waals surface area contributed by atoms with Gasteiger partial charge in [-0.3, -0.25) is 4.79 Å². The van der Waals surface area contributed by atoms with Gasteiger partial charge < -0.3 is 4.74 Å². The second kappa shape index (κ2) is 6.50. The van der Waals surface area contributed by atoms with Crippen molar-refractivity contribution in [3.05, 3.63) is 46.1 Å². The molecule has 27 heavy (non-hydrogen) atoms. The first-order valence-corrected chi connectivity index (χ1v) is 10.7. The summed E-state index contributed by atoms with van der Waals surface area (Å²) < 4.78 is 5.29. The van der Waals surface area contributed by atoms with E-state index in [2.05, 4.69) is 45.9 Å². The Morgan fingerprint density at radius 3 is 2.78 bits per heavy atom. The maximum absolute atomic E-state index is 12.8. The zero-order valence-electron chi connectivity index (χ0n) is 17.7. The Bertz CT molecular complexity index is 793. The van der Waals surface area contributed by atoms with E-state index in [1.165, 1.54) is 53.5 Å². The van der Waals surface area contributed by atoms with Crippen LogP contribution in [0.2, 0.25) is 0 Å². The summed E-state index contributed by atoms with van der Waals surface area (Å²) in [6.45, 7) is 9.37. The molecule has 0 amide bonds. The van der Waals surface area contributed by atoms with Crippen LogP contribution in [-0.4, -0.2) is 13.1 Å². The van der Waals surface area contributed by atoms with Gasteiger partial charge in [-0.05, 0) is 74.9 Å². The minimum atomic E-state index is -0.123. The SMILES string of the molecule is CCCC1CC=C2C3=C(CC[C@@]21C)[C@@]1(C)C=C(C)CC=C1C[C@H]3C(=O)OC. The van der Waals surface area contributed by atoms with Crippen molar-refractivity contribution in [2.24, 2.45) is 22.7 Å². The molecule has 0 heterocycles. The van der Waals surface area contributed by atoms with Gasteiger partial charge in [0.1, 0.15) is 0 Å². The summed E-state index contributed by atoms with van der Waals surface area (Å²) in [4.78, 5) is 12.8. The van der Waals surface area contributed by atoms with Gasteiger partial charge in [0.05, 0.1) is 13.0 Å². The number of rotatable bonds is 3. The van der Waals surface area contributed by atoms with Gasteiger partial charge in [0.25, 0.3) is 0 Å². The van der Waals surface area contributed by atoms with Crippen LogP contribution in [0.1, 0.15) is 72.6 Å². The third-order valence-electron chi connectivity index (χ3n) is 8.03. The zero-order chi connectivity index (χ0) is 19.4. The Balaban J connectivity index is 1.88. The quantitative estimate of drug-likeness (QED) is 0.432. The molecule has 0 radical (unpaired) electrons. The van der Waals surface area contributed by atoms with E-state index in [1.807, 2.05) is 0 Å². The predicted octanol–water partition coefficient (Wildman–Crippen LogP) is 6.31. The lowest BCUT2D eigenvalue weighted by Crippen LogP contribution is -2.41. The molecule has 4 aliphatic rings. The number of allylic oxidation sites excluding steroid dienone is 7. The van der Waals surface area contributed by atoms with Crippen molar-refractivity contribution >= 4 is 5.97 Å². The number of esters is 1. The van der Waals surface area contributed by atoms with Gasteiger partial charge in [0.2, 0.25) is 0 Å². The van der Waals surface area contributed by atoms with Crippen molar-refractivity contribution in [1.29, 1.82) is 0 Å². The molecule has 2 nitrogen and oxygen atoms in total. The van der Waals surface area contributed by atoms with Crippen LogP contribution >= 0.6 is 0 Å². The van der Waals surface area contributed by atoms with Crippen molar-refractivity contribution in [3.63, 3.8) is 0 Å². The van der Waals surface area contributed by atoms with E-state index in [-0.39, 0.29) is 22.7 Å². The van der Waals surface area contributed by atoms with Crippen molar-refractivity contribution in [1.82, 2.24) is 0 Å². The minimum Gasteiger partial charge on any atom is -0.469 e. The van der Waals surface area contributed by atoms with Crippen LogP contribution in [0.5, 0.6) is 0 Å². The molecular weight excluding hydrogens is 332 g/mol. The predicted molar refractivity (Wildman–Crippen MR) is 110 cm³/mol. The summed E-state index contributed by atoms with van der Waals surface area (Å²) in [6.07, 6.45) is 15.2. The summed E-state index contributed by atoms with van der Waals surface area (Å²) in [5.41, 5.74) is 7.42. The van der Waals surface area contributed by atoms with Gasteiger partial charge in [0, 0.05) is 5.41 Å². The molecule has 4 aliphatic carbocycles. The van der Waals surface area contributed by atoms with Gasteiger partial charge in [0.15, 0.2) is 0 Å². The third-order valence-corrected chi connectivity index (χ3v) is 8.03. The van der Waals surface area contributed by atoms with E-state index in [0.717, 1.165) is 25.2 Å². The maximum Gasteiger partial charge on any atom is 0.313 e. The first-order valence-electron chi connectivity index (χ1n) is 10.7. The summed E-state index contributed by atoms with van der Waals surface area (Å²) in [7, 11) is 1.54. The molecule has 0 spiro atoms. The van der Waals surface area contributed by atoms with Crippen LogP contribution < -0.4 is 0 Å². The lowest BCUT2D eigenvalue weighted by molar-refractivity contribution is -0.144. The molecule has 0 N–H and O–H groups in total. The Labute approximate surface area is 164 Å². The fourth-order valence-electron chi connectivity index (χ4n) is 6.52. The van der Waals surface area contributed by atoms with Crippen LogP contribution in [0.4, 0.5) is 0 Å². The molecular formula is C25H34O2. The average Bonchev–Trinajstić information content (AvgIpc) is 2.97. The minimum absolute atomic E-state index is 0.00674. The number of hydrogen-bond donors (Lipinski definition) is 0. The molecule has 0 bridgehead atoms. The fraction of sp³-hybridized carbons (Fsp3) is 0.640. The first-order chi connectivity index (χ1) is 12.8. The standard InChI is InChI=1S/C25H34O2/c1-6-7-17-10-11-20-22-19(23(26)27-5)14-18-9-8-16(2)15-25(18,4)21(22)12-13-24(17,20)3/h9,11,15,17,19H,6-8,10,12-14H2,1-5H3/t17?,19-,24-,25+/m1/s1. The van der Waals surface area contributed by atoms with Crippen molar-refractivity contribution < 1.29 is 9.53 Å². The molecule has 4 atom stereocenters. The van der Waals surface area contributed by atoms with E-state index in [0.29, 0.717) is 0 Å². The summed E-state index contributed by atoms with van der Waals surface area (Å²) >= 11 is 0. The monoisotopic (exact) mass is 366 g/mol. The van der Waals surface area contributed by atoms with Crippen molar-refractivity contribution in [3.8, 4) is 0 Å². The van der Waals surface area contributed by atoms with E-state index < -0.39 is 0 Å². The maximum atomic E-state index is 12.8. The van der Waals surface area contributed by atoms with Gasteiger partial charge >= 0.3 is 5.97 Å². The summed E-state index contributed by atoms with van der Waals surface area (Å²) in [5.74, 6) is 0.543. The Hall–Kier alpha value is -1.57. The van der Waals surface area contributed by atoms with Crippen LogP contribution in [0.3, 0.4) is 0 Å². The van der Waals surface area contributed by atoms with E-state index in [9.17, 15) is 4.79 Å². The molecule has 0 aromatic heterocycles. The summed E-state index contributed by atoms with van der Waals surface area (Å²) in [5, 5.41) is 0. The number of methoxy groups -OCH3 is 1. The number of hydrogen-bond acceptors (Lipinski definition) is 2. The molecule has 0 saturated heterocycles. The highest BCUT2D eigenvalue weighted by atomic mass is 16.5. The highest BCUT2D eigenvalue weighted by molar-refractivity contribution is 5.80. The van der Waals surface area contributed by atoms with Crippen LogP contribution in [0, 0.1) is 22.7 Å². The first kappa shape index (κ1) is 18.8. The summed E-state index contributed by atoms with van der Waals surface area (Å²) in [6, 6.07) is 0. The van der Waals surface area contributed by atoms with Crippen molar-refractivity contribution in [2.45, 2.75) is 72.6 Å². The highest BCUT2D eigenvalue weighted by Gasteiger charge is 2.53. The smallest absolute Gasteiger partial charge is 0.313 e. The number of carbonyl (C=O) groups excluding carboxylic acids is 1. The van der Waals surface area contributed by atoms with Crippen LogP contribution in [-0.2, 0) is 9.53 Å². The van der Waals surface area contributed by atoms with E-state index in [1.54, 1.807) is 7.11 Å². The van der Waals surface area contributed by atoms with E-state index >= 15 is 0 Å². The molecule has 146 valence electrons. The average molecular weight is 367 g/mol.